The van der Waals surface area contributed by atoms with Crippen molar-refractivity contribution < 1.29 is 0 Å². The first-order valence-corrected chi connectivity index (χ1v) is 13.8. The van der Waals surface area contributed by atoms with Crippen LogP contribution in [0.2, 0.25) is 0 Å². The van der Waals surface area contributed by atoms with E-state index in [4.69, 9.17) is 11.6 Å². The summed E-state index contributed by atoms with van der Waals surface area (Å²) >= 11 is 6.28. The molecule has 0 unspecified atom stereocenters. The lowest BCUT2D eigenvalue weighted by molar-refractivity contribution is 0.0185. The summed E-state index contributed by atoms with van der Waals surface area (Å²) in [5, 5.41) is 1.72. The van der Waals surface area contributed by atoms with E-state index in [9.17, 15) is 0 Å². The summed E-state index contributed by atoms with van der Waals surface area (Å²) in [7, 11) is -0.280. The van der Waals surface area contributed by atoms with Gasteiger partial charge < -0.3 is 0 Å². The van der Waals surface area contributed by atoms with E-state index < -0.39 is 0 Å². The molecule has 0 heterocycles. The Bertz CT molecular complexity index is 426. The van der Waals surface area contributed by atoms with E-state index in [1.165, 1.54) is 6.42 Å². The summed E-state index contributed by atoms with van der Waals surface area (Å²) in [5.74, 6) is 7.74. The first kappa shape index (κ1) is 16.7. The Morgan fingerprint density at radius 2 is 0.920 bits per heavy atom. The van der Waals surface area contributed by atoms with Gasteiger partial charge in [0, 0.05) is 13.8 Å². The van der Waals surface area contributed by atoms with E-state index in [0.717, 1.165) is 51.7 Å². The van der Waals surface area contributed by atoms with Crippen LogP contribution in [0.15, 0.2) is 0 Å². The summed E-state index contributed by atoms with van der Waals surface area (Å²) in [6, 6.07) is 0. The monoisotopic (exact) mass is 379 g/mol. The quantitative estimate of drug-likeness (QED) is 0.365. The lowest BCUT2D eigenvalue weighted by Crippen LogP contribution is -2.56. The molecule has 0 N–H and O–H groups in total. The van der Waals surface area contributed by atoms with Gasteiger partial charge in [0.2, 0.25) is 0 Å². The molecule has 0 saturated heterocycles. The molecular weight excluding hydrogens is 343 g/mol. The van der Waals surface area contributed by atoms with E-state index in [1.807, 2.05) is 0 Å². The molecule has 8 fully saturated rings. The third kappa shape index (κ3) is 2.55. The average molecular weight is 380 g/mol. The van der Waals surface area contributed by atoms with Gasteiger partial charge in [0.25, 0.3) is 0 Å². The second kappa shape index (κ2) is 5.86. The molecule has 0 spiro atoms. The van der Waals surface area contributed by atoms with Gasteiger partial charge in [-0.3, -0.25) is 0 Å². The molecule has 25 heavy (non-hydrogen) atoms. The van der Waals surface area contributed by atoms with Gasteiger partial charge in [-0.15, -0.1) is 11.6 Å². The van der Waals surface area contributed by atoms with E-state index in [-0.39, 0.29) is 7.92 Å². The molecule has 0 aliphatic heterocycles. The van der Waals surface area contributed by atoms with E-state index in [2.05, 4.69) is 0 Å². The zero-order valence-corrected chi connectivity index (χ0v) is 17.7. The van der Waals surface area contributed by atoms with Gasteiger partial charge in [-0.25, -0.2) is 0 Å². The molecule has 140 valence electrons. The summed E-state index contributed by atoms with van der Waals surface area (Å²) in [6.45, 7) is 0. The van der Waals surface area contributed by atoms with E-state index in [0.29, 0.717) is 0 Å². The van der Waals surface area contributed by atoms with Gasteiger partial charge in [0.1, 0.15) is 0 Å². The molecule has 0 aromatic carbocycles. The maximum atomic E-state index is 6.28. The second-order valence-corrected chi connectivity index (χ2v) is 15.6. The first-order valence-electron chi connectivity index (χ1n) is 11.6. The zero-order valence-electron chi connectivity index (χ0n) is 15.9. The lowest BCUT2D eigenvalue weighted by Gasteiger charge is -2.63. The van der Waals surface area contributed by atoms with Crippen LogP contribution in [0.5, 0.6) is 0 Å². The smallest absolute Gasteiger partial charge is 0.0790 e. The van der Waals surface area contributed by atoms with Gasteiger partial charge in [-0.2, -0.15) is 0 Å². The Balaban J connectivity index is 1.37. The molecule has 8 bridgehead atoms. The minimum Gasteiger partial charge on any atom is -0.127 e. The molecule has 8 aliphatic rings. The lowest BCUT2D eigenvalue weighted by atomic mass is 9.55. The van der Waals surface area contributed by atoms with Crippen LogP contribution in [0.25, 0.3) is 0 Å². The van der Waals surface area contributed by atoms with Crippen LogP contribution < -0.4 is 0 Å². The summed E-state index contributed by atoms with van der Waals surface area (Å²) in [4.78, 5) is 0. The summed E-state index contributed by atoms with van der Waals surface area (Å²) < 4.78 is 0. The van der Waals surface area contributed by atoms with Crippen molar-refractivity contribution in [2.24, 2.45) is 35.5 Å². The van der Waals surface area contributed by atoms with Crippen LogP contribution >= 0.6 is 19.5 Å². The topological polar surface area (TPSA) is 0 Å². The highest BCUT2D eigenvalue weighted by molar-refractivity contribution is 7.61. The number of hydrogen-bond acceptors (Lipinski definition) is 0. The highest BCUT2D eigenvalue weighted by atomic mass is 35.5. The van der Waals surface area contributed by atoms with E-state index in [1.54, 1.807) is 83.2 Å². The van der Waals surface area contributed by atoms with Gasteiger partial charge in [0.15, 0.2) is 0 Å². The molecule has 0 aromatic rings. The molecular formula is C23H37ClP+. The minimum atomic E-state index is -0.280. The number of rotatable bonds is 5. The van der Waals surface area contributed by atoms with Crippen molar-refractivity contribution in [3.8, 4) is 0 Å². The molecule has 0 amide bonds. The molecule has 8 aliphatic carbocycles. The Morgan fingerprint density at radius 3 is 1.20 bits per heavy atom. The predicted molar refractivity (Wildman–Crippen MR) is 110 cm³/mol. The van der Waals surface area contributed by atoms with Gasteiger partial charge in [-0.05, 0) is 119 Å². The Labute approximate surface area is 161 Å². The van der Waals surface area contributed by atoms with Crippen LogP contribution in [0, 0.1) is 35.5 Å². The van der Waals surface area contributed by atoms with Gasteiger partial charge in [-0.1, -0.05) is 0 Å². The summed E-state index contributed by atoms with van der Waals surface area (Å²) in [6.07, 6.45) is 22.6. The van der Waals surface area contributed by atoms with Gasteiger partial charge >= 0.3 is 0 Å². The Hall–Kier alpha value is 0.720. The summed E-state index contributed by atoms with van der Waals surface area (Å²) in [5.41, 5.74) is 0. The Morgan fingerprint density at radius 1 is 0.600 bits per heavy atom. The van der Waals surface area contributed by atoms with Crippen LogP contribution in [-0.2, 0) is 0 Å². The molecule has 0 aromatic heterocycles. The maximum absolute atomic E-state index is 6.28. The maximum Gasteiger partial charge on any atom is 0.0790 e. The van der Waals surface area contributed by atoms with Crippen molar-refractivity contribution >= 4 is 19.5 Å². The fourth-order valence-electron chi connectivity index (χ4n) is 10.3. The molecule has 0 atom stereocenters. The van der Waals surface area contributed by atoms with Crippen molar-refractivity contribution in [2.45, 2.75) is 93.8 Å². The third-order valence-electron chi connectivity index (χ3n) is 9.92. The molecule has 0 radical (unpaired) electrons. The fraction of sp³-hybridized carbons (Fsp3) is 1.00. The molecule has 8 saturated carbocycles. The van der Waals surface area contributed by atoms with Crippen LogP contribution in [-0.4, -0.2) is 22.4 Å². The van der Waals surface area contributed by atoms with Crippen LogP contribution in [0.3, 0.4) is 0 Å². The fourth-order valence-corrected chi connectivity index (χ4v) is 16.6. The number of alkyl halides is 1. The first-order chi connectivity index (χ1) is 12.2. The Kier molecular flexibility index (Phi) is 3.90. The number of hydrogen-bond donors (Lipinski definition) is 0. The second-order valence-electron chi connectivity index (χ2n) is 11.7. The van der Waals surface area contributed by atoms with E-state index >= 15 is 0 Å². The predicted octanol–water partition coefficient (Wildman–Crippen LogP) is 6.77. The standard InChI is InChI=1S/C23H36ClP/c24-2-1-3-25(22-10-16-4-17(11-22)6-18(5-16)12-22)23-13-19-7-20(14-23)9-21(8-19)15-23/h16-21H,1-15H2/p+1. The highest BCUT2D eigenvalue weighted by Crippen LogP contribution is 2.78. The molecule has 2 heteroatoms. The van der Waals surface area contributed by atoms with Crippen molar-refractivity contribution in [1.82, 2.24) is 0 Å². The van der Waals surface area contributed by atoms with Crippen LogP contribution in [0.4, 0.5) is 0 Å². The average Bonchev–Trinajstić information content (AvgIpc) is 2.52. The van der Waals surface area contributed by atoms with Crippen molar-refractivity contribution in [1.29, 1.82) is 0 Å². The normalized spacial score (nSPS) is 56.5. The van der Waals surface area contributed by atoms with Crippen molar-refractivity contribution in [3.63, 3.8) is 0 Å². The third-order valence-corrected chi connectivity index (χ3v) is 14.8. The van der Waals surface area contributed by atoms with Crippen molar-refractivity contribution in [2.75, 3.05) is 12.0 Å². The number of halogens is 1. The van der Waals surface area contributed by atoms with Crippen LogP contribution in [0.1, 0.15) is 83.5 Å². The SMILES string of the molecule is ClCCC[PH+](C12CC3CC(CC(C3)C1)C2)C12CC3CC(CC(C3)C1)C2. The van der Waals surface area contributed by atoms with Crippen molar-refractivity contribution in [3.05, 3.63) is 0 Å². The molecule has 0 nitrogen and oxygen atoms in total. The minimum absolute atomic E-state index is 0.280. The zero-order chi connectivity index (χ0) is 16.6. The largest absolute Gasteiger partial charge is 0.127 e. The highest BCUT2D eigenvalue weighted by Gasteiger charge is 2.66. The van der Waals surface area contributed by atoms with Gasteiger partial charge in [0.05, 0.1) is 16.5 Å². The molecule has 8 rings (SSSR count).